The number of ether oxygens (including phenoxy) is 1. The van der Waals surface area contributed by atoms with E-state index in [9.17, 15) is 0 Å². The second-order valence-corrected chi connectivity index (χ2v) is 4.02. The van der Waals surface area contributed by atoms with Crippen molar-refractivity contribution in [3.05, 3.63) is 24.0 Å². The van der Waals surface area contributed by atoms with Gasteiger partial charge in [0.1, 0.15) is 0 Å². The molecule has 0 amide bonds. The molecule has 0 aromatic heterocycles. The minimum Gasteiger partial charge on any atom is -0.504 e. The molecule has 1 aliphatic rings. The van der Waals surface area contributed by atoms with E-state index in [4.69, 9.17) is 4.74 Å². The van der Waals surface area contributed by atoms with Gasteiger partial charge in [0.25, 0.3) is 0 Å². The number of allylic oxidation sites excluding steroid dienone is 3. The maximum absolute atomic E-state index is 5.14. The van der Waals surface area contributed by atoms with Crippen LogP contribution in [-0.4, -0.2) is 7.11 Å². The monoisotopic (exact) mass is 194 g/mol. The lowest BCUT2D eigenvalue weighted by atomic mass is 9.82. The van der Waals surface area contributed by atoms with Crippen LogP contribution in [0.4, 0.5) is 0 Å². The predicted octanol–water partition coefficient (Wildman–Crippen LogP) is 4.06. The van der Waals surface area contributed by atoms with E-state index < -0.39 is 0 Å². The summed E-state index contributed by atoms with van der Waals surface area (Å²) in [6.07, 6.45) is 14.2. The Morgan fingerprint density at radius 2 is 2.29 bits per heavy atom. The molecule has 0 heterocycles. The molecule has 0 aliphatic heterocycles. The quantitative estimate of drug-likeness (QED) is 0.484. The first-order valence-electron chi connectivity index (χ1n) is 5.71. The average molecular weight is 194 g/mol. The molecular weight excluding hydrogens is 172 g/mol. The zero-order valence-corrected chi connectivity index (χ0v) is 9.46. The Balaban J connectivity index is 2.41. The topological polar surface area (TPSA) is 9.23 Å². The summed E-state index contributed by atoms with van der Waals surface area (Å²) in [4.78, 5) is 0. The number of hydrogen-bond acceptors (Lipinski definition) is 1. The molecule has 0 saturated heterocycles. The molecule has 0 aromatic rings. The maximum atomic E-state index is 5.14. The van der Waals surface area contributed by atoms with Gasteiger partial charge in [-0.05, 0) is 50.5 Å². The van der Waals surface area contributed by atoms with Gasteiger partial charge in [0.2, 0.25) is 0 Å². The fraction of sp³-hybridized carbons (Fsp3) is 0.692. The third-order valence-electron chi connectivity index (χ3n) is 2.98. The molecule has 0 aromatic carbocycles. The lowest BCUT2D eigenvalue weighted by Crippen LogP contribution is -2.10. The molecule has 0 radical (unpaired) electrons. The zero-order valence-electron chi connectivity index (χ0n) is 9.46. The lowest BCUT2D eigenvalue weighted by molar-refractivity contribution is 0.315. The second-order valence-electron chi connectivity index (χ2n) is 4.02. The van der Waals surface area contributed by atoms with E-state index in [1.165, 1.54) is 44.1 Å². The Morgan fingerprint density at radius 1 is 1.43 bits per heavy atom. The van der Waals surface area contributed by atoms with Crippen LogP contribution in [0.2, 0.25) is 0 Å². The van der Waals surface area contributed by atoms with Gasteiger partial charge in [-0.2, -0.15) is 0 Å². The van der Waals surface area contributed by atoms with Crippen LogP contribution in [0.25, 0.3) is 0 Å². The van der Waals surface area contributed by atoms with Gasteiger partial charge in [0, 0.05) is 0 Å². The fourth-order valence-corrected chi connectivity index (χ4v) is 2.21. The summed E-state index contributed by atoms with van der Waals surface area (Å²) in [6.45, 7) is 2.09. The van der Waals surface area contributed by atoms with E-state index >= 15 is 0 Å². The lowest BCUT2D eigenvalue weighted by Gasteiger charge is -2.24. The van der Waals surface area contributed by atoms with Crippen LogP contribution in [-0.2, 0) is 4.74 Å². The Kier molecular flexibility index (Phi) is 5.43. The minimum atomic E-state index is 0.778. The highest BCUT2D eigenvalue weighted by atomic mass is 16.5. The summed E-state index contributed by atoms with van der Waals surface area (Å²) in [5, 5.41) is 0. The largest absolute Gasteiger partial charge is 0.504 e. The average Bonchev–Trinajstić information content (AvgIpc) is 2.21. The van der Waals surface area contributed by atoms with Crippen LogP contribution in [0.3, 0.4) is 0 Å². The van der Waals surface area contributed by atoms with Crippen molar-refractivity contribution in [1.82, 2.24) is 0 Å². The van der Waals surface area contributed by atoms with E-state index in [1.54, 1.807) is 7.11 Å². The van der Waals surface area contributed by atoms with Crippen LogP contribution in [0.5, 0.6) is 0 Å². The Morgan fingerprint density at radius 3 is 3.00 bits per heavy atom. The summed E-state index contributed by atoms with van der Waals surface area (Å²) in [6, 6.07) is 0. The normalized spacial score (nSPS) is 25.9. The van der Waals surface area contributed by atoms with Crippen molar-refractivity contribution in [1.29, 1.82) is 0 Å². The first-order valence-corrected chi connectivity index (χ1v) is 5.71. The molecule has 80 valence electrons. The summed E-state index contributed by atoms with van der Waals surface area (Å²) in [7, 11) is 1.75. The number of methoxy groups -OCH3 is 1. The smallest absolute Gasteiger partial charge is 0.0819 e. The van der Waals surface area contributed by atoms with Crippen molar-refractivity contribution in [2.45, 2.75) is 45.4 Å². The third-order valence-corrected chi connectivity index (χ3v) is 2.98. The van der Waals surface area contributed by atoms with Gasteiger partial charge in [-0.25, -0.2) is 0 Å². The van der Waals surface area contributed by atoms with Gasteiger partial charge in [-0.1, -0.05) is 18.6 Å². The van der Waals surface area contributed by atoms with Gasteiger partial charge in [-0.15, -0.1) is 0 Å². The molecular formula is C13H22O. The van der Waals surface area contributed by atoms with Crippen LogP contribution >= 0.6 is 0 Å². The van der Waals surface area contributed by atoms with Crippen LogP contribution in [0.1, 0.15) is 45.4 Å². The predicted molar refractivity (Wildman–Crippen MR) is 61.1 cm³/mol. The van der Waals surface area contributed by atoms with E-state index in [0.717, 1.165) is 5.92 Å². The van der Waals surface area contributed by atoms with Crippen molar-refractivity contribution in [3.8, 4) is 0 Å². The number of rotatable bonds is 4. The van der Waals surface area contributed by atoms with Crippen molar-refractivity contribution in [2.24, 2.45) is 5.92 Å². The minimum absolute atomic E-state index is 0.778. The maximum Gasteiger partial charge on any atom is 0.0819 e. The third kappa shape index (κ3) is 3.57. The van der Waals surface area contributed by atoms with E-state index in [1.807, 2.05) is 6.26 Å². The number of hydrogen-bond donors (Lipinski definition) is 0. The summed E-state index contributed by atoms with van der Waals surface area (Å²) in [5.41, 5.74) is 1.53. The molecule has 0 N–H and O–H groups in total. The first-order chi connectivity index (χ1) is 6.88. The fourth-order valence-electron chi connectivity index (χ4n) is 2.21. The molecule has 1 saturated carbocycles. The van der Waals surface area contributed by atoms with Gasteiger partial charge in [0.15, 0.2) is 0 Å². The van der Waals surface area contributed by atoms with Gasteiger partial charge < -0.3 is 4.74 Å². The molecule has 1 atom stereocenters. The highest BCUT2D eigenvalue weighted by Gasteiger charge is 2.18. The zero-order chi connectivity index (χ0) is 10.2. The van der Waals surface area contributed by atoms with Gasteiger partial charge in [0.05, 0.1) is 13.4 Å². The molecule has 0 spiro atoms. The van der Waals surface area contributed by atoms with Crippen molar-refractivity contribution in [3.63, 3.8) is 0 Å². The van der Waals surface area contributed by atoms with Gasteiger partial charge >= 0.3 is 0 Å². The van der Waals surface area contributed by atoms with Crippen LogP contribution < -0.4 is 0 Å². The Bertz CT molecular complexity index is 203. The highest BCUT2D eigenvalue weighted by molar-refractivity contribution is 5.06. The Hall–Kier alpha value is -0.720. The Labute approximate surface area is 87.8 Å². The van der Waals surface area contributed by atoms with Gasteiger partial charge in [-0.3, -0.25) is 0 Å². The van der Waals surface area contributed by atoms with Crippen molar-refractivity contribution < 1.29 is 4.74 Å². The van der Waals surface area contributed by atoms with E-state index in [2.05, 4.69) is 19.1 Å². The van der Waals surface area contributed by atoms with Crippen LogP contribution in [0, 0.1) is 5.92 Å². The van der Waals surface area contributed by atoms with Crippen molar-refractivity contribution >= 4 is 0 Å². The van der Waals surface area contributed by atoms with Crippen LogP contribution in [0.15, 0.2) is 24.0 Å². The SMILES string of the molecule is C/C=C/CCC1CCCC/C1=C\OC. The second kappa shape index (κ2) is 6.69. The highest BCUT2D eigenvalue weighted by Crippen LogP contribution is 2.32. The molecule has 1 unspecified atom stereocenters. The van der Waals surface area contributed by atoms with Crippen molar-refractivity contribution in [2.75, 3.05) is 7.11 Å². The molecule has 1 nitrogen and oxygen atoms in total. The van der Waals surface area contributed by atoms with E-state index in [0.29, 0.717) is 0 Å². The first kappa shape index (κ1) is 11.4. The summed E-state index contributed by atoms with van der Waals surface area (Å²) < 4.78 is 5.14. The summed E-state index contributed by atoms with van der Waals surface area (Å²) in [5.74, 6) is 0.778. The molecule has 1 heteroatoms. The summed E-state index contributed by atoms with van der Waals surface area (Å²) >= 11 is 0. The standard InChI is InChI=1S/C13H22O/c1-3-4-5-8-12-9-6-7-10-13(12)11-14-2/h3-4,11-12H,5-10H2,1-2H3/b4-3+,13-11+. The molecule has 14 heavy (non-hydrogen) atoms. The molecule has 1 aliphatic carbocycles. The molecule has 1 fully saturated rings. The molecule has 1 rings (SSSR count). The van der Waals surface area contributed by atoms with E-state index in [-0.39, 0.29) is 0 Å². The molecule has 0 bridgehead atoms.